The van der Waals surface area contributed by atoms with Gasteiger partial charge in [-0.05, 0) is 36.4 Å². The van der Waals surface area contributed by atoms with Crippen molar-refractivity contribution in [3.05, 3.63) is 64.6 Å². The molecule has 0 aliphatic carbocycles. The molecular weight excluding hydrogens is 413 g/mol. The summed E-state index contributed by atoms with van der Waals surface area (Å²) >= 11 is 5.97. The predicted octanol–water partition coefficient (Wildman–Crippen LogP) is 4.29. The summed E-state index contributed by atoms with van der Waals surface area (Å²) in [5, 5.41) is 17.6. The van der Waals surface area contributed by atoms with Crippen molar-refractivity contribution >= 4 is 23.3 Å². The normalized spacial score (nSPS) is 10.6. The van der Waals surface area contributed by atoms with Crippen LogP contribution in [0.1, 0.15) is 16.1 Å². The first kappa shape index (κ1) is 21.3. The van der Waals surface area contributed by atoms with Gasteiger partial charge in [0.15, 0.2) is 5.69 Å². The van der Waals surface area contributed by atoms with Crippen LogP contribution in [0.3, 0.4) is 0 Å². The fourth-order valence-corrected chi connectivity index (χ4v) is 3.15. The Balaban J connectivity index is 2.03. The Morgan fingerprint density at radius 3 is 2.57 bits per heavy atom. The first-order valence-corrected chi connectivity index (χ1v) is 9.20. The van der Waals surface area contributed by atoms with E-state index in [0.717, 1.165) is 5.56 Å². The number of carboxylic acid groups (broad SMARTS) is 1. The number of carbonyl (C=O) groups is 1. The van der Waals surface area contributed by atoms with Crippen molar-refractivity contribution in [2.24, 2.45) is 0 Å². The average molecular weight is 432 g/mol. The molecular formula is C21H19ClFN3O4. The highest BCUT2D eigenvalue weighted by Gasteiger charge is 2.20. The van der Waals surface area contributed by atoms with Gasteiger partial charge in [-0.15, -0.1) is 10.2 Å². The lowest BCUT2D eigenvalue weighted by molar-refractivity contribution is 0.0690. The average Bonchev–Trinajstić information content (AvgIpc) is 2.75. The van der Waals surface area contributed by atoms with Crippen LogP contribution in [0.15, 0.2) is 42.5 Å². The van der Waals surface area contributed by atoms with Crippen LogP contribution in [-0.4, -0.2) is 42.5 Å². The summed E-state index contributed by atoms with van der Waals surface area (Å²) in [5.41, 5.74) is 1.11. The third kappa shape index (κ3) is 4.44. The summed E-state index contributed by atoms with van der Waals surface area (Å²) in [6, 6.07) is 10.9. The summed E-state index contributed by atoms with van der Waals surface area (Å²) in [6.45, 7) is 0.302. The van der Waals surface area contributed by atoms with Crippen LogP contribution in [0.2, 0.25) is 5.02 Å². The van der Waals surface area contributed by atoms with E-state index in [0.29, 0.717) is 23.1 Å². The van der Waals surface area contributed by atoms with Gasteiger partial charge in [-0.1, -0.05) is 11.6 Å². The highest BCUT2D eigenvalue weighted by atomic mass is 35.5. The van der Waals surface area contributed by atoms with Gasteiger partial charge in [0, 0.05) is 35.8 Å². The molecule has 1 aromatic heterocycles. The Labute approximate surface area is 177 Å². The SMILES string of the molecule is COc1ccc(CN(C)c2cc(-c3cc(Cl)ccc3F)nnc2C(=O)O)c(OC)c1. The number of benzene rings is 2. The van der Waals surface area contributed by atoms with Crippen molar-refractivity contribution in [2.75, 3.05) is 26.2 Å². The van der Waals surface area contributed by atoms with E-state index in [1.54, 1.807) is 31.2 Å². The van der Waals surface area contributed by atoms with E-state index < -0.39 is 11.8 Å². The Bertz CT molecular complexity index is 1090. The van der Waals surface area contributed by atoms with Gasteiger partial charge in [-0.3, -0.25) is 0 Å². The van der Waals surface area contributed by atoms with Gasteiger partial charge >= 0.3 is 5.97 Å². The highest BCUT2D eigenvalue weighted by Crippen LogP contribution is 2.31. The Morgan fingerprint density at radius 1 is 1.13 bits per heavy atom. The van der Waals surface area contributed by atoms with E-state index in [1.807, 2.05) is 6.07 Å². The fraction of sp³-hybridized carbons (Fsp3) is 0.190. The number of halogens is 2. The van der Waals surface area contributed by atoms with E-state index in [-0.39, 0.29) is 22.6 Å². The number of ether oxygens (including phenoxy) is 2. The minimum atomic E-state index is -1.25. The third-order valence-electron chi connectivity index (χ3n) is 4.49. The molecule has 7 nitrogen and oxygen atoms in total. The van der Waals surface area contributed by atoms with Gasteiger partial charge in [-0.25, -0.2) is 9.18 Å². The maximum Gasteiger partial charge on any atom is 0.358 e. The zero-order valence-corrected chi connectivity index (χ0v) is 17.3. The summed E-state index contributed by atoms with van der Waals surface area (Å²) in [7, 11) is 4.79. The molecule has 0 fully saturated rings. The lowest BCUT2D eigenvalue weighted by Gasteiger charge is -2.22. The second-order valence-corrected chi connectivity index (χ2v) is 6.86. The number of nitrogens with zero attached hydrogens (tertiary/aromatic N) is 3. The van der Waals surface area contributed by atoms with E-state index in [4.69, 9.17) is 21.1 Å². The number of hydrogen-bond donors (Lipinski definition) is 1. The second kappa shape index (κ2) is 8.96. The molecule has 0 saturated carbocycles. The van der Waals surface area contributed by atoms with Crippen LogP contribution >= 0.6 is 11.6 Å². The standard InChI is InChI=1S/C21H19ClFN3O4/c1-26(11-12-4-6-14(29-2)9-19(12)30-3)18-10-17(24-25-20(18)21(27)28)15-8-13(22)5-7-16(15)23/h4-10H,11H2,1-3H3,(H,27,28). The summed E-state index contributed by atoms with van der Waals surface area (Å²) < 4.78 is 24.9. The van der Waals surface area contributed by atoms with Gasteiger partial charge in [0.2, 0.25) is 0 Å². The maximum atomic E-state index is 14.3. The van der Waals surface area contributed by atoms with Gasteiger partial charge in [-0.2, -0.15) is 0 Å². The van der Waals surface area contributed by atoms with Gasteiger partial charge in [0.25, 0.3) is 0 Å². The van der Waals surface area contributed by atoms with Crippen molar-refractivity contribution in [2.45, 2.75) is 6.54 Å². The van der Waals surface area contributed by atoms with Crippen LogP contribution < -0.4 is 14.4 Å². The number of hydrogen-bond acceptors (Lipinski definition) is 6. The molecule has 1 heterocycles. The molecule has 30 heavy (non-hydrogen) atoms. The van der Waals surface area contributed by atoms with Crippen LogP contribution in [0.5, 0.6) is 11.5 Å². The first-order chi connectivity index (χ1) is 14.3. The summed E-state index contributed by atoms with van der Waals surface area (Å²) in [6.07, 6.45) is 0. The Kier molecular flexibility index (Phi) is 6.37. The first-order valence-electron chi connectivity index (χ1n) is 8.82. The summed E-state index contributed by atoms with van der Waals surface area (Å²) in [5.74, 6) is -0.568. The smallest absolute Gasteiger partial charge is 0.358 e. The topological polar surface area (TPSA) is 84.8 Å². The van der Waals surface area contributed by atoms with E-state index >= 15 is 0 Å². The minimum absolute atomic E-state index is 0.128. The Hall–Kier alpha value is -3.39. The molecule has 1 N–H and O–H groups in total. The number of aromatic carboxylic acids is 1. The lowest BCUT2D eigenvalue weighted by atomic mass is 10.1. The van der Waals surface area contributed by atoms with Gasteiger partial charge in [0.1, 0.15) is 17.3 Å². The number of methoxy groups -OCH3 is 2. The van der Waals surface area contributed by atoms with E-state index in [1.165, 1.54) is 31.4 Å². The molecule has 0 unspecified atom stereocenters. The van der Waals surface area contributed by atoms with Crippen LogP contribution in [0.25, 0.3) is 11.3 Å². The number of anilines is 1. The van der Waals surface area contributed by atoms with Crippen molar-refractivity contribution < 1.29 is 23.8 Å². The van der Waals surface area contributed by atoms with Crippen molar-refractivity contribution in [3.8, 4) is 22.8 Å². The molecule has 2 aromatic carbocycles. The van der Waals surface area contributed by atoms with Crippen LogP contribution in [-0.2, 0) is 6.54 Å². The van der Waals surface area contributed by atoms with Crippen LogP contribution in [0.4, 0.5) is 10.1 Å². The molecule has 0 spiro atoms. The minimum Gasteiger partial charge on any atom is -0.497 e. The molecule has 0 atom stereocenters. The quantitative estimate of drug-likeness (QED) is 0.597. The second-order valence-electron chi connectivity index (χ2n) is 6.43. The fourth-order valence-electron chi connectivity index (χ4n) is 2.97. The Morgan fingerprint density at radius 2 is 1.90 bits per heavy atom. The van der Waals surface area contributed by atoms with Crippen molar-refractivity contribution in [1.29, 1.82) is 0 Å². The van der Waals surface area contributed by atoms with Gasteiger partial charge in [0.05, 0.1) is 25.6 Å². The van der Waals surface area contributed by atoms with Crippen molar-refractivity contribution in [1.82, 2.24) is 10.2 Å². The number of rotatable bonds is 7. The molecule has 0 bridgehead atoms. The maximum absolute atomic E-state index is 14.3. The van der Waals surface area contributed by atoms with Crippen LogP contribution in [0, 0.1) is 5.82 Å². The van der Waals surface area contributed by atoms with E-state index in [2.05, 4.69) is 10.2 Å². The molecule has 0 aliphatic heterocycles. The zero-order chi connectivity index (χ0) is 21.8. The number of carboxylic acids is 1. The molecule has 156 valence electrons. The molecule has 0 aliphatic rings. The van der Waals surface area contributed by atoms with E-state index in [9.17, 15) is 14.3 Å². The molecule has 3 rings (SSSR count). The number of aromatic nitrogens is 2. The zero-order valence-electron chi connectivity index (χ0n) is 16.5. The largest absolute Gasteiger partial charge is 0.497 e. The van der Waals surface area contributed by atoms with Crippen molar-refractivity contribution in [3.63, 3.8) is 0 Å². The lowest BCUT2D eigenvalue weighted by Crippen LogP contribution is -2.21. The molecule has 0 radical (unpaired) electrons. The molecule has 0 saturated heterocycles. The predicted molar refractivity (Wildman–Crippen MR) is 111 cm³/mol. The van der Waals surface area contributed by atoms with Gasteiger partial charge < -0.3 is 19.5 Å². The molecule has 9 heteroatoms. The highest BCUT2D eigenvalue weighted by molar-refractivity contribution is 6.30. The molecule has 3 aromatic rings. The summed E-state index contributed by atoms with van der Waals surface area (Å²) in [4.78, 5) is 13.4. The molecule has 0 amide bonds. The monoisotopic (exact) mass is 431 g/mol. The third-order valence-corrected chi connectivity index (χ3v) is 4.73.